The Morgan fingerprint density at radius 1 is 1.25 bits per heavy atom. The number of aryl methyl sites for hydroxylation is 2. The van der Waals surface area contributed by atoms with Crippen molar-refractivity contribution in [3.8, 4) is 5.75 Å². The van der Waals surface area contributed by atoms with Crippen LogP contribution in [0.4, 0.5) is 0 Å². The maximum Gasteiger partial charge on any atom is 0.233 e. The van der Waals surface area contributed by atoms with Crippen molar-refractivity contribution in [1.82, 2.24) is 19.8 Å². The quantitative estimate of drug-likeness (QED) is 0.448. The highest BCUT2D eigenvalue weighted by Gasteiger charge is 2.16. The maximum absolute atomic E-state index is 12.3. The molecule has 0 atom stereocenters. The van der Waals surface area contributed by atoms with Crippen molar-refractivity contribution in [2.24, 2.45) is 0 Å². The summed E-state index contributed by atoms with van der Waals surface area (Å²) in [5.74, 6) is 7.67. The highest BCUT2D eigenvalue weighted by atomic mass is 32.2. The topological polar surface area (TPSA) is 86.3 Å². The Morgan fingerprint density at radius 2 is 2.00 bits per heavy atom. The molecular formula is C19H23N5O2S2. The smallest absolute Gasteiger partial charge is 0.233 e. The molecule has 0 spiro atoms. The zero-order valence-corrected chi connectivity index (χ0v) is 17.7. The average Bonchev–Trinajstić information content (AvgIpc) is 3.29. The van der Waals surface area contributed by atoms with Crippen molar-refractivity contribution in [2.75, 3.05) is 18.6 Å². The van der Waals surface area contributed by atoms with Crippen molar-refractivity contribution in [3.63, 3.8) is 0 Å². The van der Waals surface area contributed by atoms with E-state index >= 15 is 0 Å². The van der Waals surface area contributed by atoms with Crippen LogP contribution in [0.25, 0.3) is 0 Å². The molecule has 0 aliphatic heterocycles. The molecule has 7 nitrogen and oxygen atoms in total. The zero-order chi connectivity index (χ0) is 20.1. The molecule has 0 aliphatic rings. The average molecular weight is 418 g/mol. The van der Waals surface area contributed by atoms with E-state index in [1.165, 1.54) is 16.4 Å². The molecule has 0 aliphatic carbocycles. The molecule has 28 heavy (non-hydrogen) atoms. The van der Waals surface area contributed by atoms with Crippen molar-refractivity contribution >= 4 is 29.0 Å². The minimum Gasteiger partial charge on any atom is -0.485 e. The number of para-hydroxylation sites is 1. The molecule has 0 saturated heterocycles. The summed E-state index contributed by atoms with van der Waals surface area (Å²) in [4.78, 5) is 15.2. The summed E-state index contributed by atoms with van der Waals surface area (Å²) in [5, 5.41) is 10.7. The Balaban J connectivity index is 1.55. The van der Waals surface area contributed by atoms with Gasteiger partial charge in [0.05, 0.1) is 12.3 Å². The molecule has 0 radical (unpaired) electrons. The van der Waals surface area contributed by atoms with E-state index in [2.05, 4.69) is 10.2 Å². The van der Waals surface area contributed by atoms with Gasteiger partial charge in [-0.3, -0.25) is 4.79 Å². The van der Waals surface area contributed by atoms with Gasteiger partial charge in [0.15, 0.2) is 5.82 Å². The van der Waals surface area contributed by atoms with Gasteiger partial charge >= 0.3 is 0 Å². The van der Waals surface area contributed by atoms with E-state index in [0.29, 0.717) is 17.5 Å². The number of benzene rings is 1. The first-order valence-electron chi connectivity index (χ1n) is 8.73. The second kappa shape index (κ2) is 9.11. The molecule has 3 rings (SSSR count). The van der Waals surface area contributed by atoms with Crippen LogP contribution in [0.1, 0.15) is 21.8 Å². The number of thioether (sulfide) groups is 1. The van der Waals surface area contributed by atoms with Crippen LogP contribution in [0, 0.1) is 13.8 Å². The number of aromatic nitrogens is 3. The lowest BCUT2D eigenvalue weighted by Crippen LogP contribution is -2.27. The van der Waals surface area contributed by atoms with E-state index in [1.54, 1.807) is 23.3 Å². The first-order chi connectivity index (χ1) is 13.5. The van der Waals surface area contributed by atoms with Gasteiger partial charge in [-0.15, -0.1) is 21.5 Å². The Bertz CT molecular complexity index is 920. The predicted molar refractivity (Wildman–Crippen MR) is 112 cm³/mol. The minimum absolute atomic E-state index is 0.00901. The first kappa shape index (κ1) is 20.2. The number of nitrogen functional groups attached to an aromatic ring is 1. The van der Waals surface area contributed by atoms with E-state index in [0.717, 1.165) is 21.8 Å². The van der Waals surface area contributed by atoms with Gasteiger partial charge in [0.25, 0.3) is 0 Å². The largest absolute Gasteiger partial charge is 0.485 e. The van der Waals surface area contributed by atoms with Crippen LogP contribution in [-0.2, 0) is 17.9 Å². The summed E-state index contributed by atoms with van der Waals surface area (Å²) in [7, 11) is 1.79. The SMILES string of the molecule is Cc1cccc(C)c1OCc1nnc(SCC(=O)N(C)Cc2cccs2)n1N. The third kappa shape index (κ3) is 4.85. The molecule has 1 aromatic carbocycles. The van der Waals surface area contributed by atoms with Crippen LogP contribution in [0.3, 0.4) is 0 Å². The molecule has 0 fully saturated rings. The fourth-order valence-corrected chi connectivity index (χ4v) is 4.20. The van der Waals surface area contributed by atoms with Crippen LogP contribution in [0.5, 0.6) is 5.75 Å². The van der Waals surface area contributed by atoms with Crippen molar-refractivity contribution in [1.29, 1.82) is 0 Å². The normalized spacial score (nSPS) is 10.8. The number of nitrogens with zero attached hydrogens (tertiary/aromatic N) is 4. The van der Waals surface area contributed by atoms with Gasteiger partial charge in [-0.2, -0.15) is 0 Å². The Morgan fingerprint density at radius 3 is 2.68 bits per heavy atom. The summed E-state index contributed by atoms with van der Waals surface area (Å²) in [5.41, 5.74) is 2.11. The van der Waals surface area contributed by atoms with Crippen LogP contribution < -0.4 is 10.6 Å². The first-order valence-corrected chi connectivity index (χ1v) is 10.6. The third-order valence-corrected chi connectivity index (χ3v) is 6.00. The van der Waals surface area contributed by atoms with E-state index in [-0.39, 0.29) is 18.3 Å². The summed E-state index contributed by atoms with van der Waals surface area (Å²) in [6, 6.07) is 9.97. The molecule has 1 amide bonds. The van der Waals surface area contributed by atoms with Gasteiger partial charge < -0.3 is 15.5 Å². The molecule has 0 saturated carbocycles. The number of carbonyl (C=O) groups excluding carboxylic acids is 1. The van der Waals surface area contributed by atoms with Gasteiger partial charge in [-0.1, -0.05) is 36.0 Å². The molecule has 3 aromatic rings. The Kier molecular flexibility index (Phi) is 6.58. The van der Waals surface area contributed by atoms with Crippen LogP contribution in [0.2, 0.25) is 0 Å². The van der Waals surface area contributed by atoms with Crippen LogP contribution >= 0.6 is 23.1 Å². The van der Waals surface area contributed by atoms with Crippen LogP contribution in [0.15, 0.2) is 40.9 Å². The van der Waals surface area contributed by atoms with Gasteiger partial charge in [-0.25, -0.2) is 4.68 Å². The van der Waals surface area contributed by atoms with E-state index in [9.17, 15) is 4.79 Å². The number of hydrogen-bond donors (Lipinski definition) is 1. The monoisotopic (exact) mass is 417 g/mol. The van der Waals surface area contributed by atoms with Gasteiger partial charge in [-0.05, 0) is 36.4 Å². The van der Waals surface area contributed by atoms with E-state index in [1.807, 2.05) is 49.6 Å². The highest BCUT2D eigenvalue weighted by Crippen LogP contribution is 2.24. The predicted octanol–water partition coefficient (Wildman–Crippen LogP) is 3.00. The van der Waals surface area contributed by atoms with Crippen molar-refractivity contribution in [3.05, 3.63) is 57.5 Å². The van der Waals surface area contributed by atoms with Crippen LogP contribution in [-0.4, -0.2) is 38.5 Å². The highest BCUT2D eigenvalue weighted by molar-refractivity contribution is 7.99. The third-order valence-electron chi connectivity index (χ3n) is 4.21. The Hall–Kier alpha value is -2.52. The molecule has 2 aromatic heterocycles. The number of nitrogens with two attached hydrogens (primary N) is 1. The number of rotatable bonds is 8. The molecule has 148 valence electrons. The molecular weight excluding hydrogens is 394 g/mol. The molecule has 2 heterocycles. The van der Waals surface area contributed by atoms with Crippen molar-refractivity contribution in [2.45, 2.75) is 32.2 Å². The van der Waals surface area contributed by atoms with Crippen molar-refractivity contribution < 1.29 is 9.53 Å². The number of thiophene rings is 1. The fourth-order valence-electron chi connectivity index (χ4n) is 2.63. The number of amides is 1. The van der Waals surface area contributed by atoms with Gasteiger partial charge in [0.2, 0.25) is 11.1 Å². The lowest BCUT2D eigenvalue weighted by atomic mass is 10.1. The lowest BCUT2D eigenvalue weighted by Gasteiger charge is -2.15. The molecule has 0 unspecified atom stereocenters. The zero-order valence-electron chi connectivity index (χ0n) is 16.1. The van der Waals surface area contributed by atoms with Gasteiger partial charge in [0.1, 0.15) is 12.4 Å². The number of hydrogen-bond acceptors (Lipinski definition) is 7. The summed E-state index contributed by atoms with van der Waals surface area (Å²) < 4.78 is 7.26. The summed E-state index contributed by atoms with van der Waals surface area (Å²) >= 11 is 2.90. The van der Waals surface area contributed by atoms with E-state index in [4.69, 9.17) is 10.6 Å². The molecule has 9 heteroatoms. The van der Waals surface area contributed by atoms with E-state index < -0.39 is 0 Å². The molecule has 2 N–H and O–H groups in total. The van der Waals surface area contributed by atoms with Gasteiger partial charge in [0, 0.05) is 11.9 Å². The molecule has 0 bridgehead atoms. The minimum atomic E-state index is 0.00901. The lowest BCUT2D eigenvalue weighted by molar-refractivity contribution is -0.127. The summed E-state index contributed by atoms with van der Waals surface area (Å²) in [6.07, 6.45) is 0. The second-order valence-corrected chi connectivity index (χ2v) is 8.37. The second-order valence-electron chi connectivity index (χ2n) is 6.40. The standard InChI is InChI=1S/C19H23N5O2S2/c1-13-6-4-7-14(2)18(13)26-11-16-21-22-19(24(16)20)28-12-17(25)23(3)10-15-8-5-9-27-15/h4-9H,10-12,20H2,1-3H3. The summed E-state index contributed by atoms with van der Waals surface area (Å²) in [6.45, 7) is 4.80. The number of ether oxygens (including phenoxy) is 1. The number of carbonyl (C=O) groups is 1. The maximum atomic E-state index is 12.3. The fraction of sp³-hybridized carbons (Fsp3) is 0.316. The Labute approximate surface area is 172 Å².